The molecule has 2 unspecified atom stereocenters. The molecule has 0 aliphatic carbocycles. The molecule has 2 atom stereocenters. The zero-order valence-electron chi connectivity index (χ0n) is 17.7. The van der Waals surface area contributed by atoms with Crippen molar-refractivity contribution < 1.29 is 9.59 Å². The van der Waals surface area contributed by atoms with Crippen molar-refractivity contribution in [2.45, 2.75) is 65.6 Å². The summed E-state index contributed by atoms with van der Waals surface area (Å²) < 4.78 is 0. The number of amides is 2. The van der Waals surface area contributed by atoms with Crippen LogP contribution in [0.5, 0.6) is 0 Å². The highest BCUT2D eigenvalue weighted by Gasteiger charge is 2.29. The van der Waals surface area contributed by atoms with Crippen LogP contribution in [0.3, 0.4) is 0 Å². The molecule has 2 rings (SSSR count). The minimum Gasteiger partial charge on any atom is -0.352 e. The molecule has 0 bridgehead atoms. The standard InChI is InChI=1S/C24H31ClN2O2/c1-5-18(4)26-24(29)22(6-2)27(16-19-11-9-10-17(3)14-19)23(28)15-20-12-7-8-13-21(20)25/h7-14,18,22H,5-6,15-16H2,1-4H3,(H,26,29). The highest BCUT2D eigenvalue weighted by Crippen LogP contribution is 2.19. The fraction of sp³-hybridized carbons (Fsp3) is 0.417. The van der Waals surface area contributed by atoms with E-state index in [1.165, 1.54) is 0 Å². The first-order valence-electron chi connectivity index (χ1n) is 10.2. The van der Waals surface area contributed by atoms with E-state index in [-0.39, 0.29) is 24.3 Å². The first-order valence-corrected chi connectivity index (χ1v) is 10.6. The van der Waals surface area contributed by atoms with Gasteiger partial charge in [0.1, 0.15) is 6.04 Å². The topological polar surface area (TPSA) is 49.4 Å². The molecule has 5 heteroatoms. The predicted molar refractivity (Wildman–Crippen MR) is 119 cm³/mol. The Bertz CT molecular complexity index is 837. The van der Waals surface area contributed by atoms with Crippen molar-refractivity contribution in [2.24, 2.45) is 0 Å². The third kappa shape index (κ3) is 6.60. The smallest absolute Gasteiger partial charge is 0.243 e. The molecule has 0 aliphatic heterocycles. The first-order chi connectivity index (χ1) is 13.8. The lowest BCUT2D eigenvalue weighted by atomic mass is 10.1. The third-order valence-electron chi connectivity index (χ3n) is 5.12. The number of carbonyl (C=O) groups excluding carboxylic acids is 2. The average molecular weight is 415 g/mol. The summed E-state index contributed by atoms with van der Waals surface area (Å²) >= 11 is 6.27. The van der Waals surface area contributed by atoms with E-state index >= 15 is 0 Å². The van der Waals surface area contributed by atoms with Gasteiger partial charge in [-0.25, -0.2) is 0 Å². The van der Waals surface area contributed by atoms with Crippen LogP contribution in [0.15, 0.2) is 48.5 Å². The number of carbonyl (C=O) groups is 2. The second-order valence-corrected chi connectivity index (χ2v) is 7.93. The number of hydrogen-bond acceptors (Lipinski definition) is 2. The normalized spacial score (nSPS) is 12.9. The Morgan fingerprint density at radius 3 is 2.41 bits per heavy atom. The summed E-state index contributed by atoms with van der Waals surface area (Å²) in [6.07, 6.45) is 1.55. The molecule has 0 radical (unpaired) electrons. The van der Waals surface area contributed by atoms with Crippen LogP contribution in [0.25, 0.3) is 0 Å². The van der Waals surface area contributed by atoms with Gasteiger partial charge in [-0.3, -0.25) is 9.59 Å². The van der Waals surface area contributed by atoms with Crippen LogP contribution in [0, 0.1) is 6.92 Å². The van der Waals surface area contributed by atoms with E-state index in [1.54, 1.807) is 11.0 Å². The second kappa shape index (κ2) is 11.0. The molecule has 4 nitrogen and oxygen atoms in total. The van der Waals surface area contributed by atoms with Crippen molar-refractivity contribution >= 4 is 23.4 Å². The van der Waals surface area contributed by atoms with Gasteiger partial charge in [-0.05, 0) is 43.9 Å². The number of nitrogens with one attached hydrogen (secondary N) is 1. The van der Waals surface area contributed by atoms with Gasteiger partial charge in [0.2, 0.25) is 11.8 Å². The second-order valence-electron chi connectivity index (χ2n) is 7.52. The molecule has 2 amide bonds. The summed E-state index contributed by atoms with van der Waals surface area (Å²) in [6.45, 7) is 8.34. The molecule has 0 heterocycles. The SMILES string of the molecule is CCC(C)NC(=O)C(CC)N(Cc1cccc(C)c1)C(=O)Cc1ccccc1Cl. The molecule has 156 valence electrons. The van der Waals surface area contributed by atoms with Gasteiger partial charge in [-0.15, -0.1) is 0 Å². The van der Waals surface area contributed by atoms with E-state index in [2.05, 4.69) is 11.4 Å². The fourth-order valence-electron chi connectivity index (χ4n) is 3.27. The van der Waals surface area contributed by atoms with Crippen molar-refractivity contribution in [3.05, 3.63) is 70.2 Å². The molecule has 0 aromatic heterocycles. The van der Waals surface area contributed by atoms with Crippen molar-refractivity contribution in [1.29, 1.82) is 0 Å². The zero-order chi connectivity index (χ0) is 21.4. The maximum atomic E-state index is 13.3. The number of rotatable bonds is 9. The lowest BCUT2D eigenvalue weighted by Crippen LogP contribution is -2.51. The van der Waals surface area contributed by atoms with Crippen molar-refractivity contribution in [2.75, 3.05) is 0 Å². The molecule has 1 N–H and O–H groups in total. The van der Waals surface area contributed by atoms with Gasteiger partial charge in [0.25, 0.3) is 0 Å². The number of nitrogens with zero attached hydrogens (tertiary/aromatic N) is 1. The predicted octanol–water partition coefficient (Wildman–Crippen LogP) is 4.91. The van der Waals surface area contributed by atoms with Gasteiger partial charge in [-0.1, -0.05) is 73.5 Å². The van der Waals surface area contributed by atoms with Gasteiger partial charge in [0.05, 0.1) is 6.42 Å². The van der Waals surface area contributed by atoms with Gasteiger partial charge in [0, 0.05) is 17.6 Å². The van der Waals surface area contributed by atoms with Crippen molar-refractivity contribution in [3.8, 4) is 0 Å². The molecule has 0 aliphatic rings. The Balaban J connectivity index is 2.31. The lowest BCUT2D eigenvalue weighted by molar-refractivity contribution is -0.141. The largest absolute Gasteiger partial charge is 0.352 e. The highest BCUT2D eigenvalue weighted by atomic mass is 35.5. The third-order valence-corrected chi connectivity index (χ3v) is 5.49. The number of hydrogen-bond donors (Lipinski definition) is 1. The summed E-state index contributed by atoms with van der Waals surface area (Å²) in [5, 5.41) is 3.59. The monoisotopic (exact) mass is 414 g/mol. The van der Waals surface area contributed by atoms with E-state index in [0.717, 1.165) is 23.1 Å². The molecule has 2 aromatic rings. The van der Waals surface area contributed by atoms with Crippen LogP contribution in [0.4, 0.5) is 0 Å². The number of halogens is 1. The quantitative estimate of drug-likeness (QED) is 0.633. The van der Waals surface area contributed by atoms with Gasteiger partial charge in [0.15, 0.2) is 0 Å². The van der Waals surface area contributed by atoms with Crippen molar-refractivity contribution in [3.63, 3.8) is 0 Å². The average Bonchev–Trinajstić information content (AvgIpc) is 2.69. The van der Waals surface area contributed by atoms with Crippen LogP contribution in [0.2, 0.25) is 5.02 Å². The van der Waals surface area contributed by atoms with Crippen LogP contribution in [0.1, 0.15) is 50.3 Å². The summed E-state index contributed by atoms with van der Waals surface area (Å²) in [6, 6.07) is 14.9. The van der Waals surface area contributed by atoms with Crippen LogP contribution >= 0.6 is 11.6 Å². The Morgan fingerprint density at radius 1 is 1.07 bits per heavy atom. The Morgan fingerprint density at radius 2 is 1.79 bits per heavy atom. The van der Waals surface area contributed by atoms with E-state index in [9.17, 15) is 9.59 Å². The summed E-state index contributed by atoms with van der Waals surface area (Å²) in [7, 11) is 0. The fourth-order valence-corrected chi connectivity index (χ4v) is 3.48. The molecular weight excluding hydrogens is 384 g/mol. The molecule has 0 spiro atoms. The van der Waals surface area contributed by atoms with Crippen LogP contribution < -0.4 is 5.32 Å². The number of aryl methyl sites for hydroxylation is 1. The molecule has 2 aromatic carbocycles. The van der Waals surface area contributed by atoms with Gasteiger partial charge in [-0.2, -0.15) is 0 Å². The van der Waals surface area contributed by atoms with E-state index < -0.39 is 6.04 Å². The maximum absolute atomic E-state index is 13.3. The molecule has 0 saturated heterocycles. The van der Waals surface area contributed by atoms with Crippen LogP contribution in [-0.2, 0) is 22.6 Å². The highest BCUT2D eigenvalue weighted by molar-refractivity contribution is 6.31. The van der Waals surface area contributed by atoms with Gasteiger partial charge >= 0.3 is 0 Å². The molecule has 0 saturated carbocycles. The molecule has 0 fully saturated rings. The summed E-state index contributed by atoms with van der Waals surface area (Å²) in [5.41, 5.74) is 2.90. The first kappa shape index (κ1) is 23.0. The Hall–Kier alpha value is -2.33. The Labute approximate surface area is 179 Å². The minimum absolute atomic E-state index is 0.0658. The lowest BCUT2D eigenvalue weighted by Gasteiger charge is -2.31. The minimum atomic E-state index is -0.528. The van der Waals surface area contributed by atoms with Gasteiger partial charge < -0.3 is 10.2 Å². The summed E-state index contributed by atoms with van der Waals surface area (Å²) in [5.74, 6) is -0.215. The zero-order valence-corrected chi connectivity index (χ0v) is 18.5. The maximum Gasteiger partial charge on any atom is 0.243 e. The van der Waals surface area contributed by atoms with E-state index in [1.807, 2.05) is 64.1 Å². The number of benzene rings is 2. The molecular formula is C24H31ClN2O2. The van der Waals surface area contributed by atoms with Crippen LogP contribution in [-0.4, -0.2) is 28.8 Å². The summed E-state index contributed by atoms with van der Waals surface area (Å²) in [4.78, 5) is 27.9. The Kier molecular flexibility index (Phi) is 8.71. The van der Waals surface area contributed by atoms with Crippen molar-refractivity contribution in [1.82, 2.24) is 10.2 Å². The molecule has 29 heavy (non-hydrogen) atoms. The van der Waals surface area contributed by atoms with E-state index in [4.69, 9.17) is 11.6 Å². The van der Waals surface area contributed by atoms with E-state index in [0.29, 0.717) is 18.0 Å².